The Kier molecular flexibility index (Phi) is 6.71. The summed E-state index contributed by atoms with van der Waals surface area (Å²) in [5.41, 5.74) is -0.0406. The van der Waals surface area contributed by atoms with E-state index in [9.17, 15) is 30.8 Å². The van der Waals surface area contributed by atoms with Crippen molar-refractivity contribution in [1.82, 2.24) is 5.32 Å². The Hall–Kier alpha value is -2.40. The van der Waals surface area contributed by atoms with E-state index in [4.69, 9.17) is 11.6 Å². The molecule has 0 heterocycles. The molecule has 1 aliphatic carbocycles. The second kappa shape index (κ2) is 8.86. The molecule has 3 rings (SSSR count). The fourth-order valence-corrected chi connectivity index (χ4v) is 5.41. The van der Waals surface area contributed by atoms with E-state index in [1.54, 1.807) is 0 Å². The van der Waals surface area contributed by atoms with Gasteiger partial charge in [0.25, 0.3) is 5.91 Å². The van der Waals surface area contributed by atoms with Crippen LogP contribution < -0.4 is 10.1 Å². The fraction of sp³-hybridized carbons (Fsp3) is 0.350. The Morgan fingerprint density at radius 1 is 1.12 bits per heavy atom. The van der Waals surface area contributed by atoms with Crippen molar-refractivity contribution in [3.05, 3.63) is 58.9 Å². The van der Waals surface area contributed by atoms with Crippen LogP contribution in [0.2, 0.25) is 5.02 Å². The summed E-state index contributed by atoms with van der Waals surface area (Å²) < 4.78 is 95.4. The molecule has 0 bridgehead atoms. The first-order valence-electron chi connectivity index (χ1n) is 9.35. The number of halogens is 6. The summed E-state index contributed by atoms with van der Waals surface area (Å²) >= 11 is 5.72. The molecular weight excluding hydrogens is 481 g/mol. The molecule has 5 nitrogen and oxygen atoms in total. The molecule has 174 valence electrons. The Balaban J connectivity index is 1.70. The summed E-state index contributed by atoms with van der Waals surface area (Å²) in [6, 6.07) is 6.20. The minimum atomic E-state index is -5.03. The fourth-order valence-electron chi connectivity index (χ4n) is 3.47. The molecule has 2 aromatic rings. The van der Waals surface area contributed by atoms with Crippen LogP contribution in [0.1, 0.15) is 36.0 Å². The maximum Gasteiger partial charge on any atom is 0.573 e. The monoisotopic (exact) mass is 497 g/mol. The zero-order valence-corrected chi connectivity index (χ0v) is 17.8. The van der Waals surface area contributed by atoms with Crippen LogP contribution in [-0.2, 0) is 9.84 Å². The van der Waals surface area contributed by atoms with E-state index in [1.807, 2.05) is 0 Å². The first-order valence-corrected chi connectivity index (χ1v) is 11.2. The topological polar surface area (TPSA) is 72.5 Å². The van der Waals surface area contributed by atoms with Crippen LogP contribution in [0.4, 0.5) is 22.0 Å². The van der Waals surface area contributed by atoms with E-state index in [0.29, 0.717) is 6.07 Å². The minimum Gasteiger partial charge on any atom is -0.406 e. The number of carbonyl (C=O) groups excluding carboxylic acids is 1. The number of amides is 1. The molecule has 1 aliphatic rings. The van der Waals surface area contributed by atoms with Gasteiger partial charge in [0.15, 0.2) is 0 Å². The molecule has 1 saturated carbocycles. The van der Waals surface area contributed by atoms with Crippen LogP contribution >= 0.6 is 11.6 Å². The molecule has 32 heavy (non-hydrogen) atoms. The van der Waals surface area contributed by atoms with E-state index in [0.717, 1.165) is 30.3 Å². The van der Waals surface area contributed by atoms with Crippen molar-refractivity contribution in [3.63, 3.8) is 0 Å². The van der Waals surface area contributed by atoms with Crippen molar-refractivity contribution in [3.8, 4) is 5.75 Å². The molecule has 2 aromatic carbocycles. The SMILES string of the molecule is O=C(N[C@H]1CC[C@@](F)(S(=O)(=O)c2cccc(OC(F)(F)F)c2)CC1)c1cc(F)cc(Cl)c1. The molecule has 1 amide bonds. The number of benzene rings is 2. The highest BCUT2D eigenvalue weighted by Crippen LogP contribution is 2.41. The second-order valence-electron chi connectivity index (χ2n) is 7.32. The highest BCUT2D eigenvalue weighted by Gasteiger charge is 2.48. The number of alkyl halides is 4. The molecule has 0 unspecified atom stereocenters. The number of sulfone groups is 1. The van der Waals surface area contributed by atoms with E-state index >= 15 is 4.39 Å². The van der Waals surface area contributed by atoms with Gasteiger partial charge in [0.1, 0.15) is 11.6 Å². The maximum atomic E-state index is 15.4. The zero-order valence-electron chi connectivity index (χ0n) is 16.3. The summed E-state index contributed by atoms with van der Waals surface area (Å²) in [4.78, 5) is 11.7. The lowest BCUT2D eigenvalue weighted by Gasteiger charge is -2.33. The largest absolute Gasteiger partial charge is 0.573 e. The van der Waals surface area contributed by atoms with Crippen molar-refractivity contribution >= 4 is 27.3 Å². The van der Waals surface area contributed by atoms with Crippen LogP contribution in [0.15, 0.2) is 47.4 Å². The van der Waals surface area contributed by atoms with Crippen molar-refractivity contribution in [2.75, 3.05) is 0 Å². The van der Waals surface area contributed by atoms with Crippen LogP contribution in [0.25, 0.3) is 0 Å². The van der Waals surface area contributed by atoms with Gasteiger partial charge in [0, 0.05) is 16.6 Å². The summed E-state index contributed by atoms with van der Waals surface area (Å²) in [6.45, 7) is 0. The Morgan fingerprint density at radius 3 is 2.38 bits per heavy atom. The molecule has 0 aliphatic heterocycles. The third-order valence-electron chi connectivity index (χ3n) is 5.02. The first-order chi connectivity index (χ1) is 14.8. The molecule has 0 atom stereocenters. The van der Waals surface area contributed by atoms with E-state index in [1.165, 1.54) is 6.07 Å². The Morgan fingerprint density at radius 2 is 1.78 bits per heavy atom. The maximum absolute atomic E-state index is 15.4. The predicted molar refractivity (Wildman–Crippen MR) is 105 cm³/mol. The smallest absolute Gasteiger partial charge is 0.406 e. The van der Waals surface area contributed by atoms with Gasteiger partial charge >= 0.3 is 6.36 Å². The summed E-state index contributed by atoms with van der Waals surface area (Å²) in [5, 5.41) is -0.128. The third kappa shape index (κ3) is 5.50. The average Bonchev–Trinajstić information content (AvgIpc) is 2.68. The van der Waals surface area contributed by atoms with Crippen LogP contribution in [0, 0.1) is 5.82 Å². The lowest BCUT2D eigenvalue weighted by Crippen LogP contribution is -2.45. The number of rotatable bonds is 5. The quantitative estimate of drug-likeness (QED) is 0.577. The van der Waals surface area contributed by atoms with Crippen LogP contribution in [-0.4, -0.2) is 31.7 Å². The number of hydrogen-bond acceptors (Lipinski definition) is 4. The van der Waals surface area contributed by atoms with Crippen LogP contribution in [0.5, 0.6) is 5.75 Å². The van der Waals surface area contributed by atoms with E-state index < -0.39 is 62.5 Å². The Bertz CT molecular complexity index is 1090. The van der Waals surface area contributed by atoms with Crippen molar-refractivity contribution in [2.24, 2.45) is 0 Å². The van der Waals surface area contributed by atoms with Gasteiger partial charge < -0.3 is 10.1 Å². The average molecular weight is 498 g/mol. The Labute approximate surface area is 185 Å². The number of hydrogen-bond donors (Lipinski definition) is 1. The second-order valence-corrected chi connectivity index (χ2v) is 9.96. The van der Waals surface area contributed by atoms with Crippen molar-refractivity contribution < 1.29 is 39.9 Å². The normalized spacial score (nSPS) is 21.8. The van der Waals surface area contributed by atoms with E-state index in [-0.39, 0.29) is 23.4 Å². The van der Waals surface area contributed by atoms with Gasteiger partial charge in [-0.25, -0.2) is 17.2 Å². The first kappa shape index (κ1) is 24.2. The summed E-state index contributed by atoms with van der Waals surface area (Å²) in [7, 11) is -4.65. The molecule has 0 spiro atoms. The molecule has 0 radical (unpaired) electrons. The van der Waals surface area contributed by atoms with Gasteiger partial charge in [-0.1, -0.05) is 17.7 Å². The molecule has 0 saturated heterocycles. The lowest BCUT2D eigenvalue weighted by molar-refractivity contribution is -0.274. The highest BCUT2D eigenvalue weighted by atomic mass is 35.5. The van der Waals surface area contributed by atoms with Crippen molar-refractivity contribution in [1.29, 1.82) is 0 Å². The number of carbonyl (C=O) groups is 1. The van der Waals surface area contributed by atoms with Gasteiger partial charge in [-0.05, 0) is 62.1 Å². The third-order valence-corrected chi connectivity index (χ3v) is 7.49. The van der Waals surface area contributed by atoms with Crippen molar-refractivity contribution in [2.45, 2.75) is 48.0 Å². The standard InChI is InChI=1S/C20H17ClF5NO4S/c21-13-8-12(9-14(22)10-13)18(28)27-15-4-6-19(23,7-5-15)32(29,30)17-3-1-2-16(11-17)31-20(24,25)26/h1-3,8-11,15H,4-7H2,(H,27,28)/t15-,19+. The zero-order chi connectivity index (χ0) is 23.7. The molecule has 12 heteroatoms. The minimum absolute atomic E-state index is 0.0180. The van der Waals surface area contributed by atoms with Gasteiger partial charge in [-0.15, -0.1) is 13.2 Å². The highest BCUT2D eigenvalue weighted by molar-refractivity contribution is 7.92. The van der Waals surface area contributed by atoms with E-state index in [2.05, 4.69) is 10.1 Å². The lowest BCUT2D eigenvalue weighted by atomic mass is 9.93. The van der Waals surface area contributed by atoms with Gasteiger partial charge in [-0.3, -0.25) is 4.79 Å². The molecular formula is C20H17ClF5NO4S. The van der Waals surface area contributed by atoms with Gasteiger partial charge in [0.05, 0.1) is 4.90 Å². The summed E-state index contributed by atoms with van der Waals surface area (Å²) in [6.07, 6.45) is -6.12. The molecule has 1 fully saturated rings. The number of ether oxygens (including phenoxy) is 1. The summed E-state index contributed by atoms with van der Waals surface area (Å²) in [5.74, 6) is -2.14. The predicted octanol–water partition coefficient (Wildman–Crippen LogP) is 5.19. The van der Waals surface area contributed by atoms with Crippen LogP contribution in [0.3, 0.4) is 0 Å². The molecule has 0 aromatic heterocycles. The number of nitrogens with one attached hydrogen (secondary N) is 1. The van der Waals surface area contributed by atoms with Gasteiger partial charge in [-0.2, -0.15) is 0 Å². The van der Waals surface area contributed by atoms with Gasteiger partial charge in [0.2, 0.25) is 14.8 Å². The molecule has 1 N–H and O–H groups in total.